The van der Waals surface area contributed by atoms with Gasteiger partial charge >= 0.3 is 11.9 Å². The van der Waals surface area contributed by atoms with Gasteiger partial charge in [0.1, 0.15) is 12.3 Å². The first kappa shape index (κ1) is 20.3. The summed E-state index contributed by atoms with van der Waals surface area (Å²) in [6.07, 6.45) is 8.01. The fraction of sp³-hybridized carbons (Fsp3) is 0.524. The first-order valence-corrected chi connectivity index (χ1v) is 12.0. The quantitative estimate of drug-likeness (QED) is 0.648. The highest BCUT2D eigenvalue weighted by Gasteiger charge is 2.49. The lowest BCUT2D eigenvalue weighted by Gasteiger charge is -2.31. The number of hydrogen-bond donors (Lipinski definition) is 0. The molecule has 2 aliphatic heterocycles. The van der Waals surface area contributed by atoms with Crippen LogP contribution in [0, 0.1) is 0 Å². The summed E-state index contributed by atoms with van der Waals surface area (Å²) in [7, 11) is 1.84. The van der Waals surface area contributed by atoms with Crippen LogP contribution in [0.3, 0.4) is 0 Å². The van der Waals surface area contributed by atoms with E-state index in [0.29, 0.717) is 18.7 Å². The molecule has 3 heterocycles. The summed E-state index contributed by atoms with van der Waals surface area (Å²) < 4.78 is 1.51. The highest BCUT2D eigenvalue weighted by Crippen LogP contribution is 2.28. The number of rotatable bonds is 6. The Balaban J connectivity index is 1.51. The Kier molecular flexibility index (Phi) is 6.20. The summed E-state index contributed by atoms with van der Waals surface area (Å²) in [5.41, 5.74) is 0.641. The molecule has 1 fully saturated rings. The van der Waals surface area contributed by atoms with Crippen LogP contribution in [-0.4, -0.2) is 69.4 Å². The van der Waals surface area contributed by atoms with E-state index in [1.165, 1.54) is 27.7 Å². The maximum Gasteiger partial charge on any atom is 0.501 e. The molecule has 4 rings (SSSR count). The third kappa shape index (κ3) is 4.19. The zero-order chi connectivity index (χ0) is 20.4. The zero-order valence-corrected chi connectivity index (χ0v) is 18.2. The molecule has 0 saturated heterocycles. The molecule has 29 heavy (non-hydrogen) atoms. The van der Waals surface area contributed by atoms with Crippen molar-refractivity contribution >= 4 is 46.7 Å². The highest BCUT2D eigenvalue weighted by molar-refractivity contribution is 8.04. The van der Waals surface area contributed by atoms with Crippen LogP contribution in [0.1, 0.15) is 37.0 Å². The van der Waals surface area contributed by atoms with Crippen molar-refractivity contribution in [3.05, 3.63) is 33.9 Å². The average Bonchev–Trinajstić information content (AvgIpc) is 3.43. The normalized spacial score (nSPS) is 22.4. The van der Waals surface area contributed by atoms with Gasteiger partial charge in [0.25, 0.3) is 5.91 Å². The number of amides is 4. The fourth-order valence-electron chi connectivity index (χ4n) is 4.21. The minimum atomic E-state index is -0.427. The standard InChI is InChI=1S/C21H26N3O3S2/c1-22(15-6-3-2-4-7-15)18(25)14-24-17-10-13-29-19(17)20(26)23(21(24)27)11-9-16-8-5-12-28-16/h5,8,10,12-13,15,19H,2-4,6-7,9,11,14H2,1H3/q+1. The van der Waals surface area contributed by atoms with Crippen molar-refractivity contribution in [1.82, 2.24) is 9.80 Å². The van der Waals surface area contributed by atoms with Crippen molar-refractivity contribution in [2.75, 3.05) is 20.1 Å². The topological polar surface area (TPSA) is 60.7 Å². The number of carbonyl (C=O) groups excluding carboxylic acids is 3. The van der Waals surface area contributed by atoms with Crippen molar-refractivity contribution < 1.29 is 19.0 Å². The summed E-state index contributed by atoms with van der Waals surface area (Å²) in [5, 5.41) is 3.41. The van der Waals surface area contributed by atoms with Gasteiger partial charge in [0.15, 0.2) is 11.8 Å². The molecule has 0 radical (unpaired) electrons. The van der Waals surface area contributed by atoms with Crippen LogP contribution in [-0.2, 0) is 16.0 Å². The van der Waals surface area contributed by atoms with E-state index >= 15 is 0 Å². The number of likely N-dealkylation sites (N-methyl/N-ethyl adjacent to an activating group) is 1. The Morgan fingerprint density at radius 3 is 2.79 bits per heavy atom. The minimum absolute atomic E-state index is 0.00858. The summed E-state index contributed by atoms with van der Waals surface area (Å²) >= 11 is 3.02. The van der Waals surface area contributed by atoms with Gasteiger partial charge in [-0.25, -0.2) is 4.79 Å². The van der Waals surface area contributed by atoms with Gasteiger partial charge in [-0.1, -0.05) is 25.3 Å². The predicted octanol–water partition coefficient (Wildman–Crippen LogP) is 3.13. The van der Waals surface area contributed by atoms with E-state index in [0.717, 1.165) is 30.6 Å². The minimum Gasteiger partial charge on any atom is -0.339 e. The summed E-state index contributed by atoms with van der Waals surface area (Å²) in [5.74, 6) is -0.241. The fourth-order valence-corrected chi connectivity index (χ4v) is 5.88. The zero-order valence-electron chi connectivity index (χ0n) is 16.6. The molecule has 1 aromatic heterocycles. The van der Waals surface area contributed by atoms with E-state index in [-0.39, 0.29) is 30.4 Å². The number of imide groups is 1. The molecule has 3 aliphatic rings. The molecule has 1 atom stereocenters. The maximum absolute atomic E-state index is 13.2. The number of fused-ring (bicyclic) bond motifs is 1. The monoisotopic (exact) mass is 432 g/mol. The number of thioether (sulfide) groups is 1. The van der Waals surface area contributed by atoms with E-state index in [1.54, 1.807) is 22.3 Å². The van der Waals surface area contributed by atoms with Gasteiger partial charge in [0, 0.05) is 24.4 Å². The Bertz CT molecular complexity index is 857. The third-order valence-corrected chi connectivity index (χ3v) is 7.90. The number of thiophene rings is 1. The van der Waals surface area contributed by atoms with E-state index in [1.807, 2.05) is 30.0 Å². The third-order valence-electron chi connectivity index (χ3n) is 5.96. The van der Waals surface area contributed by atoms with Crippen molar-refractivity contribution in [1.29, 1.82) is 0 Å². The van der Waals surface area contributed by atoms with E-state index in [9.17, 15) is 14.4 Å². The predicted molar refractivity (Wildman–Crippen MR) is 115 cm³/mol. The van der Waals surface area contributed by atoms with Gasteiger partial charge in [-0.05, 0) is 35.8 Å². The van der Waals surface area contributed by atoms with Gasteiger partial charge in [-0.2, -0.15) is 14.3 Å². The number of carbonyl (C=O) groups is 3. The smallest absolute Gasteiger partial charge is 0.339 e. The second-order valence-electron chi connectivity index (χ2n) is 7.73. The molecular formula is C21H26N3O3S2+. The molecule has 0 N–H and O–H groups in total. The van der Waals surface area contributed by atoms with Crippen molar-refractivity contribution in [3.8, 4) is 0 Å². The van der Waals surface area contributed by atoms with Crippen molar-refractivity contribution in [2.24, 2.45) is 0 Å². The summed E-state index contributed by atoms with van der Waals surface area (Å²) in [4.78, 5) is 43.3. The molecule has 4 amide bonds. The molecule has 6 nitrogen and oxygen atoms in total. The van der Waals surface area contributed by atoms with Crippen LogP contribution >= 0.6 is 23.1 Å². The lowest BCUT2D eigenvalue weighted by Crippen LogP contribution is -2.57. The van der Waals surface area contributed by atoms with E-state index in [4.69, 9.17) is 0 Å². The van der Waals surface area contributed by atoms with Gasteiger partial charge in [-0.3, -0.25) is 4.79 Å². The van der Waals surface area contributed by atoms with Crippen molar-refractivity contribution in [2.45, 2.75) is 49.8 Å². The Hall–Kier alpha value is -1.93. The Morgan fingerprint density at radius 1 is 1.28 bits per heavy atom. The van der Waals surface area contributed by atoms with E-state index in [2.05, 4.69) is 0 Å². The first-order chi connectivity index (χ1) is 14.1. The summed E-state index contributed by atoms with van der Waals surface area (Å²) in [6, 6.07) is 3.85. The second kappa shape index (κ2) is 8.83. The van der Waals surface area contributed by atoms with Crippen LogP contribution < -0.4 is 0 Å². The molecule has 1 unspecified atom stereocenters. The average molecular weight is 433 g/mol. The van der Waals surface area contributed by atoms with Crippen LogP contribution in [0.2, 0.25) is 0 Å². The number of urea groups is 1. The van der Waals surface area contributed by atoms with Gasteiger partial charge in [0.2, 0.25) is 0 Å². The number of allylic oxidation sites excluding steroid dienone is 1. The van der Waals surface area contributed by atoms with Crippen LogP contribution in [0.15, 0.2) is 29.0 Å². The van der Waals surface area contributed by atoms with Crippen LogP contribution in [0.5, 0.6) is 0 Å². The van der Waals surface area contributed by atoms with Crippen LogP contribution in [0.25, 0.3) is 0 Å². The lowest BCUT2D eigenvalue weighted by molar-refractivity contribution is -0.428. The van der Waals surface area contributed by atoms with Gasteiger partial charge < -0.3 is 4.90 Å². The number of hydrogen-bond acceptors (Lipinski definition) is 5. The molecule has 0 spiro atoms. The molecule has 0 bridgehead atoms. The molecule has 1 aromatic rings. The largest absolute Gasteiger partial charge is 0.501 e. The number of nitrogens with zero attached hydrogens (tertiary/aromatic N) is 3. The summed E-state index contributed by atoms with van der Waals surface area (Å²) in [6.45, 7) is 0.330. The second-order valence-corrected chi connectivity index (χ2v) is 9.78. The van der Waals surface area contributed by atoms with Gasteiger partial charge in [-0.15, -0.1) is 23.1 Å². The molecule has 1 saturated carbocycles. The Labute approximate surface area is 179 Å². The molecular weight excluding hydrogens is 406 g/mol. The molecule has 1 aliphatic carbocycles. The maximum atomic E-state index is 13.2. The molecule has 0 aromatic carbocycles. The SMILES string of the molecule is CN(C(=O)C[N+]1=C2C=CSC2C(=O)N(CCc2cccs2)C1=O)C1CCCCC1. The van der Waals surface area contributed by atoms with Gasteiger partial charge in [0.05, 0.1) is 0 Å². The lowest BCUT2D eigenvalue weighted by atomic mass is 9.94. The molecule has 8 heteroatoms. The first-order valence-electron chi connectivity index (χ1n) is 10.2. The highest BCUT2D eigenvalue weighted by atomic mass is 32.2. The van der Waals surface area contributed by atoms with Crippen molar-refractivity contribution in [3.63, 3.8) is 0 Å². The van der Waals surface area contributed by atoms with Crippen LogP contribution in [0.4, 0.5) is 4.79 Å². The molecule has 154 valence electrons. The van der Waals surface area contributed by atoms with E-state index < -0.39 is 5.25 Å². The Morgan fingerprint density at radius 2 is 2.07 bits per heavy atom.